The number of nitrogens with zero attached hydrogens (tertiary/aromatic N) is 2. The third kappa shape index (κ3) is 2.67. The highest BCUT2D eigenvalue weighted by Gasteiger charge is 2.06. The lowest BCUT2D eigenvalue weighted by molar-refractivity contribution is 0.100. The first-order valence-corrected chi connectivity index (χ1v) is 6.52. The van der Waals surface area contributed by atoms with Gasteiger partial charge in [0.05, 0.1) is 5.52 Å². The zero-order valence-electron chi connectivity index (χ0n) is 11.5. The van der Waals surface area contributed by atoms with Gasteiger partial charge < -0.3 is 11.1 Å². The van der Waals surface area contributed by atoms with Gasteiger partial charge in [-0.25, -0.2) is 9.97 Å². The fourth-order valence-electron chi connectivity index (χ4n) is 2.16. The molecule has 21 heavy (non-hydrogen) atoms. The number of primary amides is 1. The van der Waals surface area contributed by atoms with Crippen LogP contribution >= 0.6 is 0 Å². The molecular weight excluding hydrogens is 264 g/mol. The SMILES string of the molecule is Cc1ccc2ncnc(Nc3cccc(C(N)=O)c3)c2c1. The molecule has 0 bridgehead atoms. The maximum Gasteiger partial charge on any atom is 0.248 e. The second-order valence-electron chi connectivity index (χ2n) is 4.81. The smallest absolute Gasteiger partial charge is 0.248 e. The van der Waals surface area contributed by atoms with E-state index in [9.17, 15) is 4.79 Å². The Morgan fingerprint density at radius 1 is 1.14 bits per heavy atom. The molecule has 0 spiro atoms. The number of benzene rings is 2. The van der Waals surface area contributed by atoms with Crippen LogP contribution in [0.1, 0.15) is 15.9 Å². The van der Waals surface area contributed by atoms with Crippen LogP contribution in [0.4, 0.5) is 11.5 Å². The lowest BCUT2D eigenvalue weighted by Gasteiger charge is -2.09. The van der Waals surface area contributed by atoms with E-state index in [1.54, 1.807) is 18.2 Å². The summed E-state index contributed by atoms with van der Waals surface area (Å²) in [6.07, 6.45) is 1.51. The highest BCUT2D eigenvalue weighted by molar-refractivity contribution is 5.95. The largest absolute Gasteiger partial charge is 0.366 e. The van der Waals surface area contributed by atoms with E-state index in [1.165, 1.54) is 6.33 Å². The van der Waals surface area contributed by atoms with Crippen molar-refractivity contribution in [3.05, 3.63) is 59.9 Å². The molecule has 0 aliphatic rings. The summed E-state index contributed by atoms with van der Waals surface area (Å²) in [7, 11) is 0. The molecule has 5 nitrogen and oxygen atoms in total. The average molecular weight is 278 g/mol. The van der Waals surface area contributed by atoms with Crippen LogP contribution in [0.25, 0.3) is 10.9 Å². The summed E-state index contributed by atoms with van der Waals surface area (Å²) < 4.78 is 0. The van der Waals surface area contributed by atoms with Gasteiger partial charge in [0.2, 0.25) is 5.91 Å². The maximum absolute atomic E-state index is 11.2. The van der Waals surface area contributed by atoms with Gasteiger partial charge in [-0.3, -0.25) is 4.79 Å². The number of fused-ring (bicyclic) bond motifs is 1. The Labute approximate surface area is 121 Å². The van der Waals surface area contributed by atoms with Gasteiger partial charge in [-0.2, -0.15) is 0 Å². The molecule has 0 aliphatic heterocycles. The highest BCUT2D eigenvalue weighted by Crippen LogP contribution is 2.24. The molecule has 0 atom stereocenters. The van der Waals surface area contributed by atoms with Crippen molar-refractivity contribution in [2.75, 3.05) is 5.32 Å². The Kier molecular flexibility index (Phi) is 3.23. The minimum atomic E-state index is -0.456. The van der Waals surface area contributed by atoms with Crippen LogP contribution in [0.2, 0.25) is 0 Å². The van der Waals surface area contributed by atoms with Crippen LogP contribution in [0.3, 0.4) is 0 Å². The van der Waals surface area contributed by atoms with Gasteiger partial charge in [-0.15, -0.1) is 0 Å². The fraction of sp³-hybridized carbons (Fsp3) is 0.0625. The molecular formula is C16H14N4O. The summed E-state index contributed by atoms with van der Waals surface area (Å²) in [6, 6.07) is 13.0. The second kappa shape index (κ2) is 5.20. The molecule has 104 valence electrons. The number of aromatic nitrogens is 2. The van der Waals surface area contributed by atoms with E-state index in [-0.39, 0.29) is 0 Å². The number of carbonyl (C=O) groups is 1. The molecule has 0 saturated heterocycles. The quantitative estimate of drug-likeness (QED) is 0.772. The van der Waals surface area contributed by atoms with Gasteiger partial charge in [0.25, 0.3) is 0 Å². The van der Waals surface area contributed by atoms with Gasteiger partial charge in [-0.05, 0) is 37.3 Å². The molecule has 3 rings (SSSR count). The lowest BCUT2D eigenvalue weighted by Crippen LogP contribution is -2.10. The molecule has 1 aromatic heterocycles. The topological polar surface area (TPSA) is 80.9 Å². The van der Waals surface area contributed by atoms with Crippen LogP contribution in [-0.4, -0.2) is 15.9 Å². The number of anilines is 2. The maximum atomic E-state index is 11.2. The van der Waals surface area contributed by atoms with Crippen molar-refractivity contribution in [2.45, 2.75) is 6.92 Å². The monoisotopic (exact) mass is 278 g/mol. The molecule has 5 heteroatoms. The molecule has 0 radical (unpaired) electrons. The van der Waals surface area contributed by atoms with E-state index in [1.807, 2.05) is 31.2 Å². The number of amides is 1. The number of carbonyl (C=O) groups excluding carboxylic acids is 1. The number of nitrogens with two attached hydrogens (primary N) is 1. The first-order chi connectivity index (χ1) is 10.1. The Hall–Kier alpha value is -2.95. The van der Waals surface area contributed by atoms with Gasteiger partial charge in [0, 0.05) is 16.6 Å². The van der Waals surface area contributed by atoms with E-state index in [0.29, 0.717) is 11.4 Å². The second-order valence-corrected chi connectivity index (χ2v) is 4.81. The third-order valence-electron chi connectivity index (χ3n) is 3.20. The van der Waals surface area contributed by atoms with Crippen molar-refractivity contribution in [3.8, 4) is 0 Å². The van der Waals surface area contributed by atoms with Crippen LogP contribution in [-0.2, 0) is 0 Å². The van der Waals surface area contributed by atoms with Crippen molar-refractivity contribution >= 4 is 28.3 Å². The molecule has 0 fully saturated rings. The minimum absolute atomic E-state index is 0.453. The number of nitrogens with one attached hydrogen (secondary N) is 1. The normalized spacial score (nSPS) is 10.5. The number of hydrogen-bond acceptors (Lipinski definition) is 4. The summed E-state index contributed by atoms with van der Waals surface area (Å²) in [5.41, 5.74) is 8.50. The average Bonchev–Trinajstić information content (AvgIpc) is 2.48. The minimum Gasteiger partial charge on any atom is -0.366 e. The number of hydrogen-bond donors (Lipinski definition) is 2. The molecule has 3 aromatic rings. The van der Waals surface area contributed by atoms with Crippen LogP contribution in [0.15, 0.2) is 48.8 Å². The van der Waals surface area contributed by atoms with Gasteiger partial charge in [-0.1, -0.05) is 17.7 Å². The van der Waals surface area contributed by atoms with Gasteiger partial charge in [0.15, 0.2) is 0 Å². The lowest BCUT2D eigenvalue weighted by atomic mass is 10.1. The molecule has 3 N–H and O–H groups in total. The Balaban J connectivity index is 2.04. The highest BCUT2D eigenvalue weighted by atomic mass is 16.1. The Morgan fingerprint density at radius 3 is 2.81 bits per heavy atom. The zero-order valence-corrected chi connectivity index (χ0v) is 11.5. The van der Waals surface area contributed by atoms with Crippen molar-refractivity contribution in [1.29, 1.82) is 0 Å². The van der Waals surface area contributed by atoms with Crippen molar-refractivity contribution < 1.29 is 4.79 Å². The summed E-state index contributed by atoms with van der Waals surface area (Å²) in [5, 5.41) is 4.14. The van der Waals surface area contributed by atoms with E-state index < -0.39 is 5.91 Å². The first kappa shape index (κ1) is 13.1. The van der Waals surface area contributed by atoms with E-state index >= 15 is 0 Å². The molecule has 2 aromatic carbocycles. The first-order valence-electron chi connectivity index (χ1n) is 6.52. The molecule has 0 saturated carbocycles. The summed E-state index contributed by atoms with van der Waals surface area (Å²) in [5.74, 6) is 0.243. The standard InChI is InChI=1S/C16H14N4O/c1-10-5-6-14-13(7-10)16(19-9-18-14)20-12-4-2-3-11(8-12)15(17)21/h2-9H,1H3,(H2,17,21)(H,18,19,20). The predicted molar refractivity (Wildman–Crippen MR) is 82.5 cm³/mol. The molecule has 1 heterocycles. The predicted octanol–water partition coefficient (Wildman–Crippen LogP) is 2.78. The van der Waals surface area contributed by atoms with Crippen LogP contribution in [0, 0.1) is 6.92 Å². The molecule has 0 unspecified atom stereocenters. The Morgan fingerprint density at radius 2 is 2.00 bits per heavy atom. The van der Waals surface area contributed by atoms with Crippen molar-refractivity contribution in [2.24, 2.45) is 5.73 Å². The summed E-state index contributed by atoms with van der Waals surface area (Å²) in [6.45, 7) is 2.02. The van der Waals surface area contributed by atoms with Gasteiger partial charge >= 0.3 is 0 Å². The zero-order chi connectivity index (χ0) is 14.8. The summed E-state index contributed by atoms with van der Waals surface area (Å²) in [4.78, 5) is 19.8. The van der Waals surface area contributed by atoms with Crippen molar-refractivity contribution in [3.63, 3.8) is 0 Å². The van der Waals surface area contributed by atoms with Crippen LogP contribution in [0.5, 0.6) is 0 Å². The Bertz CT molecular complexity index is 829. The van der Waals surface area contributed by atoms with Gasteiger partial charge in [0.1, 0.15) is 12.1 Å². The summed E-state index contributed by atoms with van der Waals surface area (Å²) >= 11 is 0. The number of aryl methyl sites for hydroxylation is 1. The fourth-order valence-corrected chi connectivity index (χ4v) is 2.16. The van der Waals surface area contributed by atoms with Crippen molar-refractivity contribution in [1.82, 2.24) is 9.97 Å². The van der Waals surface area contributed by atoms with Crippen LogP contribution < -0.4 is 11.1 Å². The van der Waals surface area contributed by atoms with E-state index in [4.69, 9.17) is 5.73 Å². The molecule has 0 aliphatic carbocycles. The van der Waals surface area contributed by atoms with E-state index in [2.05, 4.69) is 15.3 Å². The molecule has 1 amide bonds. The number of rotatable bonds is 3. The third-order valence-corrected chi connectivity index (χ3v) is 3.20. The van der Waals surface area contributed by atoms with E-state index in [0.717, 1.165) is 22.2 Å².